The number of halogens is 4. The van der Waals surface area contributed by atoms with Crippen molar-refractivity contribution in [3.05, 3.63) is 46.0 Å². The molecule has 0 radical (unpaired) electrons. The number of fused-ring (bicyclic) bond motifs is 3. The summed E-state index contributed by atoms with van der Waals surface area (Å²) in [5, 5.41) is 0. The van der Waals surface area contributed by atoms with Crippen LogP contribution in [-0.4, -0.2) is 13.1 Å². The van der Waals surface area contributed by atoms with Gasteiger partial charge in [0.25, 0.3) is 0 Å². The van der Waals surface area contributed by atoms with Gasteiger partial charge in [-0.1, -0.05) is 39.2 Å². The molecule has 1 unspecified atom stereocenters. The summed E-state index contributed by atoms with van der Waals surface area (Å²) in [6.07, 6.45) is 4.56. The van der Waals surface area contributed by atoms with E-state index in [0.717, 1.165) is 4.47 Å². The van der Waals surface area contributed by atoms with E-state index in [2.05, 4.69) is 53.0 Å². The Kier molecular flexibility index (Phi) is 9.55. The van der Waals surface area contributed by atoms with E-state index in [-0.39, 0.29) is 63.4 Å². The Hall–Kier alpha value is 0.733. The molecule has 1 aromatic carbocycles. The molecule has 1 aliphatic heterocycles. The predicted octanol–water partition coefficient (Wildman–Crippen LogP) is -5.58. The van der Waals surface area contributed by atoms with Crippen molar-refractivity contribution in [3.63, 3.8) is 0 Å². The van der Waals surface area contributed by atoms with E-state index >= 15 is 0 Å². The Bertz CT molecular complexity index is 517. The fourth-order valence-electron chi connectivity index (χ4n) is 2.43. The summed E-state index contributed by atoms with van der Waals surface area (Å²) >= 11 is 3.60. The van der Waals surface area contributed by atoms with Gasteiger partial charge < -0.3 is 42.1 Å². The minimum absolute atomic E-state index is 0. The van der Waals surface area contributed by atoms with Crippen LogP contribution < -0.4 is 42.1 Å². The third kappa shape index (κ3) is 3.50. The number of allylic oxidation sites excluding steroid dienone is 2. The molecule has 1 heterocycles. The summed E-state index contributed by atoms with van der Waals surface area (Å²) in [6.45, 7) is 2.15. The van der Waals surface area contributed by atoms with Crippen LogP contribution in [0.15, 0.2) is 34.3 Å². The smallest absolute Gasteiger partial charge is 1.00 e. The second-order valence-electron chi connectivity index (χ2n) is 4.12. The van der Waals surface area contributed by atoms with Crippen LogP contribution in [0.25, 0.3) is 5.57 Å². The fourth-order valence-corrected chi connectivity index (χ4v) is 3.04. The molecule has 0 saturated carbocycles. The van der Waals surface area contributed by atoms with Crippen LogP contribution in [0, 0.1) is 6.07 Å². The predicted molar refractivity (Wildman–Crippen MR) is 66.9 cm³/mol. The van der Waals surface area contributed by atoms with Gasteiger partial charge in [-0.05, 0) is 24.1 Å². The molecule has 1 aliphatic carbocycles. The largest absolute Gasteiger partial charge is 4.00 e. The number of rotatable bonds is 0. The number of anilines is 1. The van der Waals surface area contributed by atoms with E-state index in [9.17, 15) is 0 Å². The molecule has 19 heavy (non-hydrogen) atoms. The van der Waals surface area contributed by atoms with Gasteiger partial charge in [0.2, 0.25) is 0 Å². The van der Waals surface area contributed by atoms with Crippen LogP contribution in [0.2, 0.25) is 0 Å². The Balaban J connectivity index is 0. The van der Waals surface area contributed by atoms with Gasteiger partial charge in [-0.15, -0.1) is 23.8 Å². The first-order valence-electron chi connectivity index (χ1n) is 5.02. The van der Waals surface area contributed by atoms with Gasteiger partial charge in [-0.3, -0.25) is 0 Å². The van der Waals surface area contributed by atoms with Crippen molar-refractivity contribution in [2.75, 3.05) is 11.9 Å². The second kappa shape index (κ2) is 8.24. The summed E-state index contributed by atoms with van der Waals surface area (Å²) in [6, 6.07) is 7.78. The molecule has 0 aromatic heterocycles. The van der Waals surface area contributed by atoms with E-state index in [0.29, 0.717) is 6.04 Å². The molecule has 1 atom stereocenters. The van der Waals surface area contributed by atoms with Gasteiger partial charge in [0.05, 0.1) is 0 Å². The molecule has 1 nitrogen and oxygen atoms in total. The Morgan fingerprint density at radius 2 is 1.89 bits per heavy atom. The molecule has 0 saturated heterocycles. The Morgan fingerprint density at radius 3 is 2.53 bits per heavy atom. The zero-order valence-electron chi connectivity index (χ0n) is 10.3. The van der Waals surface area contributed by atoms with Crippen molar-refractivity contribution in [1.82, 2.24) is 0 Å². The maximum atomic E-state index is 3.60. The molecule has 0 amide bonds. The van der Waals surface area contributed by atoms with Gasteiger partial charge in [-0.25, -0.2) is 0 Å². The number of hydrogen-bond donors (Lipinski definition) is 0. The van der Waals surface area contributed by atoms with Gasteiger partial charge in [0, 0.05) is 6.04 Å². The zero-order valence-corrected chi connectivity index (χ0v) is 16.7. The second-order valence-corrected chi connectivity index (χ2v) is 4.97. The monoisotopic (exact) mass is 455 g/mol. The molecule has 1 aromatic rings. The van der Waals surface area contributed by atoms with Crippen LogP contribution in [0.1, 0.15) is 12.5 Å². The number of benzene rings is 1. The molecule has 0 bridgehead atoms. The average molecular weight is 459 g/mol. The number of nitrogens with zero attached hydrogens (tertiary/aromatic N) is 1. The first-order valence-corrected chi connectivity index (χ1v) is 5.81. The quantitative estimate of drug-likeness (QED) is 0.351. The van der Waals surface area contributed by atoms with Crippen molar-refractivity contribution in [2.24, 2.45) is 0 Å². The fraction of sp³-hybridized carbons (Fsp3) is 0.231. The van der Waals surface area contributed by atoms with Crippen LogP contribution in [0.3, 0.4) is 0 Å². The summed E-state index contributed by atoms with van der Waals surface area (Å²) in [7, 11) is 2.14. The molecule has 3 rings (SSSR count). The molecule has 6 heteroatoms. The zero-order chi connectivity index (χ0) is 10.6. The molecule has 2 aliphatic rings. The Labute approximate surface area is 160 Å². The molecule has 0 spiro atoms. The van der Waals surface area contributed by atoms with Crippen molar-refractivity contribution in [2.45, 2.75) is 13.0 Å². The standard InChI is InChI=1S/C13H11BrN.3ClH.Zr/c1-8-6-10-9-4-3-5-11(14)13(9)15(2)12(10)7-8;;;;/h3,5-7,12H,1-2H3;3*1H;/q-1;;;;+4/p-3. The van der Waals surface area contributed by atoms with E-state index in [4.69, 9.17) is 0 Å². The summed E-state index contributed by atoms with van der Waals surface area (Å²) in [5.74, 6) is 0. The third-order valence-corrected chi connectivity index (χ3v) is 3.74. The molecule has 0 fully saturated rings. The van der Waals surface area contributed by atoms with E-state index in [1.165, 1.54) is 22.4 Å². The van der Waals surface area contributed by atoms with Crippen molar-refractivity contribution < 1.29 is 63.4 Å². The SMILES string of the molecule is CC1=CC2C(=C1)c1[c-]ccc(Br)c1N2C.[Cl-].[Cl-].[Cl-].[Zr+4]. The van der Waals surface area contributed by atoms with Crippen molar-refractivity contribution in [3.8, 4) is 0 Å². The first-order chi connectivity index (χ1) is 7.18. The minimum Gasteiger partial charge on any atom is -1.00 e. The maximum Gasteiger partial charge on any atom is 4.00 e. The topological polar surface area (TPSA) is 3.24 Å². The van der Waals surface area contributed by atoms with Gasteiger partial charge >= 0.3 is 26.2 Å². The summed E-state index contributed by atoms with van der Waals surface area (Å²) in [4.78, 5) is 2.30. The van der Waals surface area contributed by atoms with Gasteiger partial charge in [0.1, 0.15) is 0 Å². The van der Waals surface area contributed by atoms with Crippen molar-refractivity contribution in [1.29, 1.82) is 0 Å². The van der Waals surface area contributed by atoms with Crippen molar-refractivity contribution >= 4 is 27.2 Å². The van der Waals surface area contributed by atoms with Crippen LogP contribution >= 0.6 is 15.9 Å². The number of likely N-dealkylation sites (N-methyl/N-ethyl adjacent to an activating group) is 1. The molecule has 100 valence electrons. The van der Waals surface area contributed by atoms with Gasteiger partial charge in [-0.2, -0.15) is 0 Å². The summed E-state index contributed by atoms with van der Waals surface area (Å²) in [5.41, 5.74) is 5.23. The normalized spacial score (nSPS) is 17.6. The van der Waals surface area contributed by atoms with E-state index in [1.807, 2.05) is 12.1 Å². The van der Waals surface area contributed by atoms with Crippen LogP contribution in [0.4, 0.5) is 5.69 Å². The molecular formula is C13H11BrCl3NZr. The van der Waals surface area contributed by atoms with Crippen LogP contribution in [0.5, 0.6) is 0 Å². The summed E-state index contributed by atoms with van der Waals surface area (Å²) < 4.78 is 1.15. The Morgan fingerprint density at radius 1 is 1.26 bits per heavy atom. The maximum absolute atomic E-state index is 3.60. The van der Waals surface area contributed by atoms with Crippen LogP contribution in [-0.2, 0) is 26.2 Å². The third-order valence-electron chi connectivity index (χ3n) is 3.10. The first kappa shape index (κ1) is 22.0. The molecular weight excluding hydrogens is 448 g/mol. The average Bonchev–Trinajstić information content (AvgIpc) is 2.68. The molecule has 0 N–H and O–H groups in total. The minimum atomic E-state index is 0. The number of hydrogen-bond acceptors (Lipinski definition) is 1. The van der Waals surface area contributed by atoms with E-state index < -0.39 is 0 Å². The van der Waals surface area contributed by atoms with E-state index in [1.54, 1.807) is 0 Å². The van der Waals surface area contributed by atoms with Gasteiger partial charge in [0.15, 0.2) is 0 Å².